The Kier molecular flexibility index (Phi) is 2.46. The van der Waals surface area contributed by atoms with Crippen molar-refractivity contribution in [3.05, 3.63) is 35.4 Å². The van der Waals surface area contributed by atoms with Gasteiger partial charge in [-0.3, -0.25) is 0 Å². The Bertz CT molecular complexity index is 367. The lowest BCUT2D eigenvalue weighted by Crippen LogP contribution is -2.04. The highest BCUT2D eigenvalue weighted by Gasteiger charge is 2.30. The van der Waals surface area contributed by atoms with Crippen molar-refractivity contribution in [2.45, 2.75) is 18.6 Å². The van der Waals surface area contributed by atoms with Gasteiger partial charge in [-0.2, -0.15) is 23.4 Å². The Balaban J connectivity index is 2.20. The molecule has 80 valence electrons. The van der Waals surface area contributed by atoms with Crippen LogP contribution in [0, 0.1) is 0 Å². The summed E-state index contributed by atoms with van der Waals surface area (Å²) in [7, 11) is 0. The second-order valence-electron chi connectivity index (χ2n) is 3.40. The number of halogens is 3. The normalized spacial score (nSPS) is 20.9. The fourth-order valence-corrected chi connectivity index (χ4v) is 1.52. The molecule has 0 N–H and O–H groups in total. The minimum absolute atomic E-state index is 0.0627. The first-order valence-electron chi connectivity index (χ1n) is 4.61. The van der Waals surface area contributed by atoms with Gasteiger partial charge in [0, 0.05) is 0 Å². The van der Waals surface area contributed by atoms with E-state index in [1.165, 1.54) is 12.1 Å². The van der Waals surface area contributed by atoms with Crippen molar-refractivity contribution in [1.82, 2.24) is 0 Å². The standard InChI is InChI=1S/C10H9F3N2/c11-10(12,13)8-3-1-7(2-4-8)9-5-6-14-15-9/h1-4,9H,5-6H2. The second-order valence-corrected chi connectivity index (χ2v) is 3.40. The summed E-state index contributed by atoms with van der Waals surface area (Å²) in [5.74, 6) is 0. The summed E-state index contributed by atoms with van der Waals surface area (Å²) in [6, 6.07) is 5.05. The minimum Gasteiger partial charge on any atom is -0.193 e. The van der Waals surface area contributed by atoms with Gasteiger partial charge in [0.2, 0.25) is 0 Å². The van der Waals surface area contributed by atoms with Crippen molar-refractivity contribution in [2.75, 3.05) is 6.54 Å². The van der Waals surface area contributed by atoms with E-state index < -0.39 is 11.7 Å². The lowest BCUT2D eigenvalue weighted by molar-refractivity contribution is -0.137. The van der Waals surface area contributed by atoms with Crippen molar-refractivity contribution in [2.24, 2.45) is 10.2 Å². The van der Waals surface area contributed by atoms with E-state index in [1.807, 2.05) is 0 Å². The minimum atomic E-state index is -4.27. The maximum atomic E-state index is 12.3. The second kappa shape index (κ2) is 3.64. The molecule has 1 aromatic rings. The highest BCUT2D eigenvalue weighted by molar-refractivity contribution is 5.27. The van der Waals surface area contributed by atoms with Gasteiger partial charge in [-0.25, -0.2) is 0 Å². The van der Waals surface area contributed by atoms with E-state index >= 15 is 0 Å². The molecule has 0 amide bonds. The van der Waals surface area contributed by atoms with Crippen molar-refractivity contribution in [3.63, 3.8) is 0 Å². The zero-order valence-electron chi connectivity index (χ0n) is 7.83. The van der Waals surface area contributed by atoms with Crippen LogP contribution < -0.4 is 0 Å². The summed E-state index contributed by atoms with van der Waals surface area (Å²) in [6.45, 7) is 0.658. The summed E-state index contributed by atoms with van der Waals surface area (Å²) >= 11 is 0. The first-order valence-corrected chi connectivity index (χ1v) is 4.61. The van der Waals surface area contributed by atoms with Crippen molar-refractivity contribution in [1.29, 1.82) is 0 Å². The number of rotatable bonds is 1. The molecule has 0 spiro atoms. The monoisotopic (exact) mass is 214 g/mol. The average Bonchev–Trinajstić information content (AvgIpc) is 2.69. The Hall–Kier alpha value is -1.39. The van der Waals surface area contributed by atoms with Gasteiger partial charge < -0.3 is 0 Å². The molecule has 15 heavy (non-hydrogen) atoms. The summed E-state index contributed by atoms with van der Waals surface area (Å²) in [5, 5.41) is 7.76. The molecule has 0 saturated carbocycles. The van der Waals surface area contributed by atoms with Crippen molar-refractivity contribution < 1.29 is 13.2 Å². The highest BCUT2D eigenvalue weighted by atomic mass is 19.4. The van der Waals surface area contributed by atoms with E-state index in [1.54, 1.807) is 0 Å². The number of hydrogen-bond acceptors (Lipinski definition) is 2. The third-order valence-electron chi connectivity index (χ3n) is 2.35. The highest BCUT2D eigenvalue weighted by Crippen LogP contribution is 2.32. The topological polar surface area (TPSA) is 24.7 Å². The molecule has 0 aromatic heterocycles. The van der Waals surface area contributed by atoms with Crippen LogP contribution in [0.4, 0.5) is 13.2 Å². The van der Waals surface area contributed by atoms with Crippen LogP contribution >= 0.6 is 0 Å². The van der Waals surface area contributed by atoms with Crippen LogP contribution in [-0.4, -0.2) is 6.54 Å². The summed E-state index contributed by atoms with van der Waals surface area (Å²) < 4.78 is 36.8. The predicted octanol–water partition coefficient (Wildman–Crippen LogP) is 3.60. The molecule has 1 aliphatic rings. The van der Waals surface area contributed by atoms with Gasteiger partial charge in [-0.05, 0) is 24.1 Å². The van der Waals surface area contributed by atoms with Gasteiger partial charge in [0.25, 0.3) is 0 Å². The quantitative estimate of drug-likeness (QED) is 0.682. The Morgan fingerprint density at radius 1 is 1.13 bits per heavy atom. The molecule has 1 heterocycles. The molecule has 2 nitrogen and oxygen atoms in total. The molecule has 0 radical (unpaired) electrons. The first kappa shape index (κ1) is 10.1. The molecular formula is C10H9F3N2. The van der Waals surface area contributed by atoms with Gasteiger partial charge in [0.15, 0.2) is 0 Å². The van der Waals surface area contributed by atoms with E-state index in [0.717, 1.165) is 24.1 Å². The van der Waals surface area contributed by atoms with Gasteiger partial charge in [0.1, 0.15) is 0 Å². The van der Waals surface area contributed by atoms with Crippen LogP contribution in [0.5, 0.6) is 0 Å². The van der Waals surface area contributed by atoms with Crippen molar-refractivity contribution >= 4 is 0 Å². The lowest BCUT2D eigenvalue weighted by Gasteiger charge is -2.09. The zero-order valence-corrected chi connectivity index (χ0v) is 7.83. The van der Waals surface area contributed by atoms with E-state index in [-0.39, 0.29) is 6.04 Å². The largest absolute Gasteiger partial charge is 0.416 e. The first-order chi connectivity index (χ1) is 7.07. The maximum absolute atomic E-state index is 12.3. The Labute approximate surface area is 84.8 Å². The molecule has 2 rings (SSSR count). The van der Waals surface area contributed by atoms with E-state index in [2.05, 4.69) is 10.2 Å². The van der Waals surface area contributed by atoms with Crippen LogP contribution in [0.3, 0.4) is 0 Å². The van der Waals surface area contributed by atoms with Gasteiger partial charge in [-0.1, -0.05) is 12.1 Å². The average molecular weight is 214 g/mol. The number of benzene rings is 1. The lowest BCUT2D eigenvalue weighted by atomic mass is 10.0. The van der Waals surface area contributed by atoms with Gasteiger partial charge in [-0.15, -0.1) is 0 Å². The molecule has 1 aromatic carbocycles. The molecule has 5 heteroatoms. The number of hydrogen-bond donors (Lipinski definition) is 0. The molecule has 1 atom stereocenters. The SMILES string of the molecule is FC(F)(F)c1ccc(C2CCN=N2)cc1. The molecule has 0 saturated heterocycles. The Morgan fingerprint density at radius 2 is 1.80 bits per heavy atom. The molecule has 0 bridgehead atoms. The zero-order chi connectivity index (χ0) is 10.9. The smallest absolute Gasteiger partial charge is 0.193 e. The molecule has 0 aliphatic carbocycles. The van der Waals surface area contributed by atoms with E-state index in [0.29, 0.717) is 6.54 Å². The number of alkyl halides is 3. The summed E-state index contributed by atoms with van der Waals surface area (Å²) in [4.78, 5) is 0. The fourth-order valence-electron chi connectivity index (χ4n) is 1.52. The van der Waals surface area contributed by atoms with Crippen LogP contribution in [0.2, 0.25) is 0 Å². The van der Waals surface area contributed by atoms with E-state index in [4.69, 9.17) is 0 Å². The third kappa shape index (κ3) is 2.16. The van der Waals surface area contributed by atoms with Crippen LogP contribution in [0.1, 0.15) is 23.6 Å². The van der Waals surface area contributed by atoms with Crippen LogP contribution in [-0.2, 0) is 6.18 Å². The number of azo groups is 1. The third-order valence-corrected chi connectivity index (χ3v) is 2.35. The van der Waals surface area contributed by atoms with Gasteiger partial charge >= 0.3 is 6.18 Å². The maximum Gasteiger partial charge on any atom is 0.416 e. The molecule has 1 unspecified atom stereocenters. The molecule has 1 aliphatic heterocycles. The number of nitrogens with zero attached hydrogens (tertiary/aromatic N) is 2. The van der Waals surface area contributed by atoms with Crippen molar-refractivity contribution in [3.8, 4) is 0 Å². The predicted molar refractivity (Wildman–Crippen MR) is 48.5 cm³/mol. The molecule has 0 fully saturated rings. The summed E-state index contributed by atoms with van der Waals surface area (Å²) in [5.41, 5.74) is 0.172. The van der Waals surface area contributed by atoms with Gasteiger partial charge in [0.05, 0.1) is 18.2 Å². The molecular weight excluding hydrogens is 205 g/mol. The van der Waals surface area contributed by atoms with E-state index in [9.17, 15) is 13.2 Å². The Morgan fingerprint density at radius 3 is 2.27 bits per heavy atom. The van der Waals surface area contributed by atoms with Crippen LogP contribution in [0.15, 0.2) is 34.5 Å². The fraction of sp³-hybridized carbons (Fsp3) is 0.400. The summed E-state index contributed by atoms with van der Waals surface area (Å²) in [6.07, 6.45) is -3.49. The van der Waals surface area contributed by atoms with Crippen LogP contribution in [0.25, 0.3) is 0 Å².